The molecular formula is C23H30FNO4S. The molecular weight excluding hydrogens is 405 g/mol. The van der Waals surface area contributed by atoms with E-state index in [1.807, 2.05) is 11.8 Å². The van der Waals surface area contributed by atoms with Crippen LogP contribution in [0.3, 0.4) is 0 Å². The number of ether oxygens (including phenoxy) is 1. The Hall–Kier alpha value is -2.12. The number of methoxy groups -OCH3 is 1. The minimum atomic E-state index is -3.62. The zero-order chi connectivity index (χ0) is 21.9. The average molecular weight is 436 g/mol. The van der Waals surface area contributed by atoms with Crippen molar-refractivity contribution in [3.63, 3.8) is 0 Å². The summed E-state index contributed by atoms with van der Waals surface area (Å²) in [4.78, 5) is 2.14. The fourth-order valence-corrected chi connectivity index (χ4v) is 6.47. The second-order valence-electron chi connectivity index (χ2n) is 8.07. The Bertz CT molecular complexity index is 991. The summed E-state index contributed by atoms with van der Waals surface area (Å²) in [5.74, 6) is 0.122. The molecule has 7 heteroatoms. The van der Waals surface area contributed by atoms with Crippen molar-refractivity contribution in [2.75, 3.05) is 24.3 Å². The molecule has 164 valence electrons. The number of sulfone groups is 1. The summed E-state index contributed by atoms with van der Waals surface area (Å²) < 4.78 is 46.1. The zero-order valence-electron chi connectivity index (χ0n) is 17.8. The van der Waals surface area contributed by atoms with Gasteiger partial charge in [-0.1, -0.05) is 26.7 Å². The molecule has 0 bridgehead atoms. The number of rotatable bonds is 7. The predicted molar refractivity (Wildman–Crippen MR) is 117 cm³/mol. The number of aliphatic hydroxyl groups excluding tert-OH is 1. The number of fused-ring (bicyclic) bond motifs is 1. The third kappa shape index (κ3) is 4.32. The van der Waals surface area contributed by atoms with Crippen LogP contribution in [0, 0.1) is 11.2 Å². The highest BCUT2D eigenvalue weighted by Gasteiger charge is 2.41. The lowest BCUT2D eigenvalue weighted by atomic mass is 9.81. The van der Waals surface area contributed by atoms with Gasteiger partial charge >= 0.3 is 0 Å². The van der Waals surface area contributed by atoms with Gasteiger partial charge in [-0.05, 0) is 43.2 Å². The van der Waals surface area contributed by atoms with E-state index in [9.17, 15) is 17.9 Å². The van der Waals surface area contributed by atoms with E-state index in [4.69, 9.17) is 4.74 Å². The monoisotopic (exact) mass is 435 g/mol. The number of hydrogen-bond acceptors (Lipinski definition) is 5. The molecule has 0 amide bonds. The van der Waals surface area contributed by atoms with Crippen LogP contribution in [0.25, 0.3) is 0 Å². The second kappa shape index (κ2) is 8.94. The highest BCUT2D eigenvalue weighted by molar-refractivity contribution is 7.91. The molecule has 0 saturated heterocycles. The lowest BCUT2D eigenvalue weighted by Crippen LogP contribution is -2.37. The topological polar surface area (TPSA) is 66.8 Å². The SMILES string of the molecule is CCCCC1(CC)CN(c2ccc(F)cc2)c2cc(OC)c(CO)cc2S(=O)(=O)C1. The second-order valence-corrected chi connectivity index (χ2v) is 10.0. The fourth-order valence-electron chi connectivity index (χ4n) is 4.26. The van der Waals surface area contributed by atoms with Crippen LogP contribution in [0.15, 0.2) is 41.3 Å². The Morgan fingerprint density at radius 3 is 2.47 bits per heavy atom. The van der Waals surface area contributed by atoms with Crippen LogP contribution in [0.2, 0.25) is 0 Å². The molecule has 2 aromatic carbocycles. The van der Waals surface area contributed by atoms with Crippen molar-refractivity contribution in [2.24, 2.45) is 5.41 Å². The van der Waals surface area contributed by atoms with Gasteiger partial charge in [0.05, 0.1) is 30.1 Å². The smallest absolute Gasteiger partial charge is 0.181 e. The van der Waals surface area contributed by atoms with Crippen LogP contribution < -0.4 is 9.64 Å². The molecule has 30 heavy (non-hydrogen) atoms. The zero-order valence-corrected chi connectivity index (χ0v) is 18.6. The summed E-state index contributed by atoms with van der Waals surface area (Å²) >= 11 is 0. The van der Waals surface area contributed by atoms with Gasteiger partial charge < -0.3 is 14.7 Å². The number of aliphatic hydroxyl groups is 1. The lowest BCUT2D eigenvalue weighted by molar-refractivity contribution is 0.273. The van der Waals surface area contributed by atoms with E-state index < -0.39 is 15.3 Å². The Morgan fingerprint density at radius 2 is 1.90 bits per heavy atom. The molecule has 2 aromatic rings. The van der Waals surface area contributed by atoms with Crippen molar-refractivity contribution in [1.29, 1.82) is 0 Å². The van der Waals surface area contributed by atoms with Crippen LogP contribution >= 0.6 is 0 Å². The van der Waals surface area contributed by atoms with Crippen molar-refractivity contribution >= 4 is 21.2 Å². The van der Waals surface area contributed by atoms with Gasteiger partial charge in [0.1, 0.15) is 11.6 Å². The van der Waals surface area contributed by atoms with Crippen molar-refractivity contribution in [1.82, 2.24) is 0 Å². The molecule has 1 N–H and O–H groups in total. The highest BCUT2D eigenvalue weighted by atomic mass is 32.2. The number of halogens is 1. The van der Waals surface area contributed by atoms with Crippen molar-refractivity contribution in [3.8, 4) is 5.75 Å². The molecule has 1 atom stereocenters. The van der Waals surface area contributed by atoms with E-state index in [0.717, 1.165) is 24.9 Å². The standard InChI is InChI=1S/C23H30FNO4S/c1-4-6-11-23(5-2)15-25(19-9-7-18(24)8-10-19)20-13-21(29-3)17(14-26)12-22(20)30(27,28)16-23/h7-10,12-13,26H,4-6,11,14-16H2,1-3H3. The van der Waals surface area contributed by atoms with Gasteiger partial charge in [0.25, 0.3) is 0 Å². The molecule has 0 radical (unpaired) electrons. The molecule has 1 heterocycles. The maximum Gasteiger partial charge on any atom is 0.181 e. The Morgan fingerprint density at radius 1 is 1.20 bits per heavy atom. The molecule has 1 aliphatic heterocycles. The molecule has 0 aliphatic carbocycles. The number of hydrogen-bond donors (Lipinski definition) is 1. The van der Waals surface area contributed by atoms with Crippen molar-refractivity contribution in [3.05, 3.63) is 47.8 Å². The van der Waals surface area contributed by atoms with Crippen LogP contribution in [0.1, 0.15) is 45.1 Å². The van der Waals surface area contributed by atoms with Gasteiger partial charge in [0.15, 0.2) is 9.84 Å². The summed E-state index contributed by atoms with van der Waals surface area (Å²) in [7, 11) is -2.13. The van der Waals surface area contributed by atoms with E-state index in [2.05, 4.69) is 6.92 Å². The van der Waals surface area contributed by atoms with E-state index >= 15 is 0 Å². The molecule has 5 nitrogen and oxygen atoms in total. The first kappa shape index (κ1) is 22.6. The lowest BCUT2D eigenvalue weighted by Gasteiger charge is -2.36. The Labute approximate surface area is 178 Å². The van der Waals surface area contributed by atoms with Gasteiger partial charge in [-0.15, -0.1) is 0 Å². The van der Waals surface area contributed by atoms with Crippen molar-refractivity contribution < 1.29 is 22.7 Å². The molecule has 1 aliphatic rings. The van der Waals surface area contributed by atoms with E-state index in [-0.39, 0.29) is 23.1 Å². The fraction of sp³-hybridized carbons (Fsp3) is 0.478. The van der Waals surface area contributed by atoms with Gasteiger partial charge in [0.2, 0.25) is 0 Å². The first-order valence-corrected chi connectivity index (χ1v) is 12.0. The minimum Gasteiger partial charge on any atom is -0.496 e. The number of benzene rings is 2. The van der Waals surface area contributed by atoms with E-state index in [1.54, 1.807) is 18.2 Å². The largest absolute Gasteiger partial charge is 0.496 e. The quantitative estimate of drug-likeness (QED) is 0.674. The number of unbranched alkanes of at least 4 members (excludes halogenated alkanes) is 1. The average Bonchev–Trinajstić information content (AvgIpc) is 2.84. The maximum atomic E-state index is 13.6. The summed E-state index contributed by atoms with van der Waals surface area (Å²) in [6.45, 7) is 4.31. The van der Waals surface area contributed by atoms with E-state index in [1.165, 1.54) is 25.3 Å². The Kier molecular flexibility index (Phi) is 6.72. The summed E-state index contributed by atoms with van der Waals surface area (Å²) in [6, 6.07) is 9.30. The molecule has 3 rings (SSSR count). The predicted octanol–water partition coefficient (Wildman–Crippen LogP) is 4.84. The number of nitrogens with zero attached hydrogens (tertiary/aromatic N) is 1. The van der Waals surface area contributed by atoms with Gasteiger partial charge in [-0.2, -0.15) is 0 Å². The molecule has 0 fully saturated rings. The summed E-state index contributed by atoms with van der Waals surface area (Å²) in [6.07, 6.45) is 3.41. The first-order chi connectivity index (χ1) is 14.3. The summed E-state index contributed by atoms with van der Waals surface area (Å²) in [5.41, 5.74) is 1.22. The third-order valence-electron chi connectivity index (χ3n) is 6.10. The maximum absolute atomic E-state index is 13.6. The van der Waals surface area contributed by atoms with Crippen LogP contribution in [0.5, 0.6) is 5.75 Å². The number of anilines is 2. The normalized spacial score (nSPS) is 20.5. The van der Waals surface area contributed by atoms with Crippen LogP contribution in [-0.4, -0.2) is 32.9 Å². The van der Waals surface area contributed by atoms with Crippen LogP contribution in [0.4, 0.5) is 15.8 Å². The van der Waals surface area contributed by atoms with Crippen molar-refractivity contribution in [2.45, 2.75) is 51.0 Å². The van der Waals surface area contributed by atoms with Crippen LogP contribution in [-0.2, 0) is 16.4 Å². The molecule has 0 spiro atoms. The molecule has 0 saturated carbocycles. The Balaban J connectivity index is 2.27. The van der Waals surface area contributed by atoms with E-state index in [0.29, 0.717) is 30.0 Å². The first-order valence-electron chi connectivity index (χ1n) is 10.4. The van der Waals surface area contributed by atoms with Gasteiger partial charge in [0, 0.05) is 29.3 Å². The highest BCUT2D eigenvalue weighted by Crippen LogP contribution is 2.46. The molecule has 1 unspecified atom stereocenters. The van der Waals surface area contributed by atoms with Gasteiger partial charge in [-0.3, -0.25) is 0 Å². The van der Waals surface area contributed by atoms with Gasteiger partial charge in [-0.25, -0.2) is 12.8 Å². The molecule has 0 aromatic heterocycles. The summed E-state index contributed by atoms with van der Waals surface area (Å²) in [5, 5.41) is 9.74. The minimum absolute atomic E-state index is 0.0401. The third-order valence-corrected chi connectivity index (χ3v) is 8.09.